The summed E-state index contributed by atoms with van der Waals surface area (Å²) in [6.45, 7) is 1.90. The molecule has 2 atom stereocenters. The smallest absolute Gasteiger partial charge is 0.310 e. The second kappa shape index (κ2) is 6.23. The standard InChI is InChI=1S/C15H17NO4/c1-10-2-6-13(7-3-10)20-9-14(17)16-12-5-4-11(8-12)15(18)19/h2-7,11-12H,8-9H2,1H3,(H,16,17)(H,18,19). The van der Waals surface area contributed by atoms with Gasteiger partial charge in [0.05, 0.1) is 5.92 Å². The maximum absolute atomic E-state index is 11.7. The molecule has 1 aliphatic rings. The van der Waals surface area contributed by atoms with E-state index < -0.39 is 11.9 Å². The Hall–Kier alpha value is -2.30. The number of carbonyl (C=O) groups is 2. The highest BCUT2D eigenvalue weighted by Crippen LogP contribution is 2.18. The summed E-state index contributed by atoms with van der Waals surface area (Å²) >= 11 is 0. The molecule has 0 spiro atoms. The Bertz CT molecular complexity index is 521. The Morgan fingerprint density at radius 2 is 2.00 bits per heavy atom. The number of nitrogens with one attached hydrogen (secondary N) is 1. The summed E-state index contributed by atoms with van der Waals surface area (Å²) in [7, 11) is 0. The molecule has 2 N–H and O–H groups in total. The van der Waals surface area contributed by atoms with Gasteiger partial charge in [0.1, 0.15) is 5.75 Å². The van der Waals surface area contributed by atoms with Gasteiger partial charge in [-0.2, -0.15) is 0 Å². The summed E-state index contributed by atoms with van der Waals surface area (Å²) in [5, 5.41) is 11.6. The molecule has 106 valence electrons. The second-order valence-electron chi connectivity index (χ2n) is 4.84. The number of ether oxygens (including phenoxy) is 1. The van der Waals surface area contributed by atoms with E-state index in [2.05, 4.69) is 5.32 Å². The van der Waals surface area contributed by atoms with Crippen LogP contribution >= 0.6 is 0 Å². The minimum absolute atomic E-state index is 0.0782. The van der Waals surface area contributed by atoms with Crippen molar-refractivity contribution in [1.29, 1.82) is 0 Å². The van der Waals surface area contributed by atoms with Crippen molar-refractivity contribution < 1.29 is 19.4 Å². The van der Waals surface area contributed by atoms with Gasteiger partial charge in [0.15, 0.2) is 6.61 Å². The van der Waals surface area contributed by atoms with Crippen LogP contribution in [0.2, 0.25) is 0 Å². The number of hydrogen-bond acceptors (Lipinski definition) is 3. The van der Waals surface area contributed by atoms with Crippen LogP contribution in [0.15, 0.2) is 36.4 Å². The maximum atomic E-state index is 11.7. The molecule has 2 unspecified atom stereocenters. The minimum Gasteiger partial charge on any atom is -0.484 e. The lowest BCUT2D eigenvalue weighted by molar-refractivity contribution is -0.140. The SMILES string of the molecule is Cc1ccc(OCC(=O)NC2C=CC(C(=O)O)C2)cc1. The van der Waals surface area contributed by atoms with E-state index in [1.54, 1.807) is 24.3 Å². The van der Waals surface area contributed by atoms with Gasteiger partial charge < -0.3 is 15.2 Å². The second-order valence-corrected chi connectivity index (χ2v) is 4.84. The third kappa shape index (κ3) is 3.85. The van der Waals surface area contributed by atoms with Crippen LogP contribution in [0.25, 0.3) is 0 Å². The van der Waals surface area contributed by atoms with E-state index in [-0.39, 0.29) is 18.6 Å². The molecular weight excluding hydrogens is 258 g/mol. The molecule has 0 aromatic heterocycles. The largest absolute Gasteiger partial charge is 0.484 e. The zero-order chi connectivity index (χ0) is 14.5. The van der Waals surface area contributed by atoms with Crippen molar-refractivity contribution in [3.8, 4) is 5.75 Å². The number of aliphatic carboxylic acids is 1. The molecule has 0 aliphatic heterocycles. The summed E-state index contributed by atoms with van der Waals surface area (Å²) in [4.78, 5) is 22.5. The van der Waals surface area contributed by atoms with E-state index in [0.717, 1.165) is 5.56 Å². The molecule has 5 heteroatoms. The Morgan fingerprint density at radius 1 is 1.30 bits per heavy atom. The van der Waals surface area contributed by atoms with Crippen LogP contribution in [0.1, 0.15) is 12.0 Å². The van der Waals surface area contributed by atoms with Gasteiger partial charge >= 0.3 is 5.97 Å². The van der Waals surface area contributed by atoms with Crippen molar-refractivity contribution in [3.63, 3.8) is 0 Å². The van der Waals surface area contributed by atoms with Crippen LogP contribution < -0.4 is 10.1 Å². The van der Waals surface area contributed by atoms with Gasteiger partial charge in [0.25, 0.3) is 5.91 Å². The Balaban J connectivity index is 1.75. The topological polar surface area (TPSA) is 75.6 Å². The Kier molecular flexibility index (Phi) is 4.40. The normalized spacial score (nSPS) is 20.6. The zero-order valence-electron chi connectivity index (χ0n) is 11.2. The fraction of sp³-hybridized carbons (Fsp3) is 0.333. The molecule has 0 saturated carbocycles. The molecule has 1 aromatic rings. The Labute approximate surface area is 117 Å². The highest BCUT2D eigenvalue weighted by atomic mass is 16.5. The number of carbonyl (C=O) groups excluding carboxylic acids is 1. The Morgan fingerprint density at radius 3 is 2.60 bits per heavy atom. The molecule has 20 heavy (non-hydrogen) atoms. The van der Waals surface area contributed by atoms with E-state index in [0.29, 0.717) is 12.2 Å². The number of amides is 1. The van der Waals surface area contributed by atoms with Gasteiger partial charge in [-0.05, 0) is 25.5 Å². The van der Waals surface area contributed by atoms with E-state index in [9.17, 15) is 9.59 Å². The predicted molar refractivity (Wildman–Crippen MR) is 73.5 cm³/mol. The molecule has 0 radical (unpaired) electrons. The summed E-state index contributed by atoms with van der Waals surface area (Å²) in [5.74, 6) is -1.00. The van der Waals surface area contributed by atoms with Gasteiger partial charge in [-0.15, -0.1) is 0 Å². The van der Waals surface area contributed by atoms with Gasteiger partial charge in [0.2, 0.25) is 0 Å². The number of carboxylic acids is 1. The number of carboxylic acid groups (broad SMARTS) is 1. The van der Waals surface area contributed by atoms with Gasteiger partial charge in [-0.1, -0.05) is 29.8 Å². The van der Waals surface area contributed by atoms with Crippen LogP contribution in [-0.2, 0) is 9.59 Å². The molecule has 1 amide bonds. The molecule has 5 nitrogen and oxygen atoms in total. The fourth-order valence-electron chi connectivity index (χ4n) is 2.02. The number of aryl methyl sites for hydroxylation is 1. The van der Waals surface area contributed by atoms with Crippen LogP contribution in [0, 0.1) is 12.8 Å². The maximum Gasteiger partial charge on any atom is 0.310 e. The quantitative estimate of drug-likeness (QED) is 0.799. The first-order valence-corrected chi connectivity index (χ1v) is 6.44. The van der Waals surface area contributed by atoms with Crippen LogP contribution in [0.3, 0.4) is 0 Å². The molecule has 0 saturated heterocycles. The minimum atomic E-state index is -0.867. The summed E-state index contributed by atoms with van der Waals surface area (Å²) in [6.07, 6.45) is 3.71. The van der Waals surface area contributed by atoms with Crippen LogP contribution in [-0.4, -0.2) is 29.6 Å². The number of benzene rings is 1. The van der Waals surface area contributed by atoms with Crippen molar-refractivity contribution in [2.24, 2.45) is 5.92 Å². The average molecular weight is 275 g/mol. The molecule has 0 fully saturated rings. The van der Waals surface area contributed by atoms with Crippen LogP contribution in [0.5, 0.6) is 5.75 Å². The first kappa shape index (κ1) is 14.1. The lowest BCUT2D eigenvalue weighted by Crippen LogP contribution is -2.36. The van der Waals surface area contributed by atoms with Crippen molar-refractivity contribution in [3.05, 3.63) is 42.0 Å². The van der Waals surface area contributed by atoms with E-state index in [1.165, 1.54) is 0 Å². The predicted octanol–water partition coefficient (Wildman–Crippen LogP) is 1.52. The summed E-state index contributed by atoms with van der Waals surface area (Å²) in [6, 6.07) is 7.19. The highest BCUT2D eigenvalue weighted by Gasteiger charge is 2.25. The number of rotatable bonds is 5. The van der Waals surface area contributed by atoms with Gasteiger partial charge in [0, 0.05) is 6.04 Å². The van der Waals surface area contributed by atoms with E-state index >= 15 is 0 Å². The molecule has 1 aliphatic carbocycles. The first-order valence-electron chi connectivity index (χ1n) is 6.44. The highest BCUT2D eigenvalue weighted by molar-refractivity contribution is 5.79. The first-order chi connectivity index (χ1) is 9.54. The monoisotopic (exact) mass is 275 g/mol. The van der Waals surface area contributed by atoms with Gasteiger partial charge in [-0.25, -0.2) is 0 Å². The molecule has 1 aromatic carbocycles. The molecule has 0 heterocycles. The third-order valence-electron chi connectivity index (χ3n) is 3.14. The van der Waals surface area contributed by atoms with Crippen molar-refractivity contribution in [1.82, 2.24) is 5.32 Å². The van der Waals surface area contributed by atoms with E-state index in [4.69, 9.17) is 9.84 Å². The van der Waals surface area contributed by atoms with Gasteiger partial charge in [-0.3, -0.25) is 9.59 Å². The molecule has 2 rings (SSSR count). The zero-order valence-corrected chi connectivity index (χ0v) is 11.2. The third-order valence-corrected chi connectivity index (χ3v) is 3.14. The lowest BCUT2D eigenvalue weighted by Gasteiger charge is -2.12. The van der Waals surface area contributed by atoms with E-state index in [1.807, 2.05) is 19.1 Å². The fourth-order valence-corrected chi connectivity index (χ4v) is 2.02. The lowest BCUT2D eigenvalue weighted by atomic mass is 10.1. The van der Waals surface area contributed by atoms with Crippen molar-refractivity contribution in [2.75, 3.05) is 6.61 Å². The number of hydrogen-bond donors (Lipinski definition) is 2. The summed E-state index contributed by atoms with van der Waals surface area (Å²) in [5.41, 5.74) is 1.12. The summed E-state index contributed by atoms with van der Waals surface area (Å²) < 4.78 is 5.35. The molecule has 0 bridgehead atoms. The van der Waals surface area contributed by atoms with Crippen molar-refractivity contribution in [2.45, 2.75) is 19.4 Å². The van der Waals surface area contributed by atoms with Crippen LogP contribution in [0.4, 0.5) is 0 Å². The average Bonchev–Trinajstić information content (AvgIpc) is 2.87. The molecular formula is C15H17NO4. The van der Waals surface area contributed by atoms with Crippen molar-refractivity contribution >= 4 is 11.9 Å².